The number of pyridine rings is 1. The third-order valence-electron chi connectivity index (χ3n) is 12.3. The molecule has 5 heterocycles. The van der Waals surface area contributed by atoms with Gasteiger partial charge in [-0.2, -0.15) is 5.10 Å². The third-order valence-corrected chi connectivity index (χ3v) is 18.0. The van der Waals surface area contributed by atoms with Crippen LogP contribution >= 0.6 is 0 Å². The Balaban J connectivity index is 1.13. The zero-order valence-electron chi connectivity index (χ0n) is 34.1. The van der Waals surface area contributed by atoms with E-state index in [1.54, 1.807) is 0 Å². The first-order chi connectivity index (χ1) is 28.0. The monoisotopic (exact) mass is 818 g/mol. The Morgan fingerprint density at radius 3 is 2.31 bits per heavy atom. The molecule has 10 nitrogen and oxygen atoms in total. The van der Waals surface area contributed by atoms with Crippen LogP contribution in [0.2, 0.25) is 5.04 Å². The first kappa shape index (κ1) is 38.9. The molecule has 302 valence electrons. The average molecular weight is 819 g/mol. The van der Waals surface area contributed by atoms with Gasteiger partial charge in [0.05, 0.1) is 28.6 Å². The van der Waals surface area contributed by atoms with Crippen molar-refractivity contribution >= 4 is 57.1 Å². The number of hydrogen-bond donors (Lipinski definition) is 0. The molecule has 1 saturated carbocycles. The maximum Gasteiger partial charge on any atom is 0.261 e. The van der Waals surface area contributed by atoms with Gasteiger partial charge in [-0.1, -0.05) is 81.4 Å². The van der Waals surface area contributed by atoms with Crippen molar-refractivity contribution in [2.45, 2.75) is 94.6 Å². The molecule has 3 atom stereocenters. The highest BCUT2D eigenvalue weighted by Gasteiger charge is 2.50. The van der Waals surface area contributed by atoms with Crippen LogP contribution in [0.3, 0.4) is 0 Å². The summed E-state index contributed by atoms with van der Waals surface area (Å²) in [6.07, 6.45) is 8.75. The standard InChI is InChI=1S/C45H51FN6O4SSi/c1-28-25-34-33(26-47-52(34)35-19-13-14-23-54-35)37(36(28)29-20-21-29)40-39(46)41-38-42(50-44(49-41)57(6)53)51(5)30(27-55-43(38)48-40)22-24-56-58(45(2,3)4,31-15-9-7-10-16-31)32-17-11-8-12-18-32/h7-12,15-18,25-26,29-30,35H,13-14,19-24,27H2,1-6H3/t30-,35?,57?/m0/s1. The molecule has 0 spiro atoms. The minimum atomic E-state index is -2.81. The predicted octanol–water partition coefficient (Wildman–Crippen LogP) is 7.97. The van der Waals surface area contributed by atoms with Crippen molar-refractivity contribution in [2.75, 3.05) is 38.0 Å². The van der Waals surface area contributed by atoms with Crippen molar-refractivity contribution in [3.8, 4) is 17.1 Å². The first-order valence-electron chi connectivity index (χ1n) is 20.5. The number of likely N-dealkylation sites (N-methyl/N-ethyl adjacent to an activating group) is 1. The van der Waals surface area contributed by atoms with Crippen LogP contribution in [0.25, 0.3) is 33.1 Å². The maximum absolute atomic E-state index is 17.5. The molecule has 1 aliphatic carbocycles. The molecular formula is C45H51FN6O4SSi. The fraction of sp³-hybridized carbons (Fsp3) is 0.422. The predicted molar refractivity (Wildman–Crippen MR) is 230 cm³/mol. The number of fused-ring (bicyclic) bond motifs is 1. The van der Waals surface area contributed by atoms with E-state index in [1.165, 1.54) is 16.6 Å². The van der Waals surface area contributed by atoms with Gasteiger partial charge < -0.3 is 18.8 Å². The van der Waals surface area contributed by atoms with E-state index in [4.69, 9.17) is 29.0 Å². The van der Waals surface area contributed by atoms with Crippen molar-refractivity contribution in [1.82, 2.24) is 24.7 Å². The fourth-order valence-corrected chi connectivity index (χ4v) is 14.3. The van der Waals surface area contributed by atoms with E-state index in [-0.39, 0.29) is 52.1 Å². The Morgan fingerprint density at radius 1 is 0.983 bits per heavy atom. The van der Waals surface area contributed by atoms with Crippen LogP contribution in [-0.4, -0.2) is 76.4 Å². The minimum absolute atomic E-state index is 0.0469. The molecule has 3 aliphatic rings. The third kappa shape index (κ3) is 6.63. The molecule has 0 radical (unpaired) electrons. The number of nitrogens with zero attached hydrogens (tertiary/aromatic N) is 6. The first-order valence-corrected chi connectivity index (χ1v) is 23.9. The van der Waals surface area contributed by atoms with Gasteiger partial charge in [0.1, 0.15) is 29.0 Å². The summed E-state index contributed by atoms with van der Waals surface area (Å²) in [5.41, 5.74) is 3.95. The summed E-state index contributed by atoms with van der Waals surface area (Å²) >= 11 is 0. The van der Waals surface area contributed by atoms with E-state index in [0.29, 0.717) is 36.4 Å². The molecule has 13 heteroatoms. The van der Waals surface area contributed by atoms with Crippen molar-refractivity contribution < 1.29 is 22.5 Å². The van der Waals surface area contributed by atoms with Crippen molar-refractivity contribution in [3.05, 3.63) is 89.9 Å². The zero-order valence-corrected chi connectivity index (χ0v) is 35.9. The lowest BCUT2D eigenvalue weighted by atomic mass is 9.91. The second-order valence-electron chi connectivity index (χ2n) is 17.1. The van der Waals surface area contributed by atoms with Gasteiger partial charge in [-0.15, -0.1) is 0 Å². The van der Waals surface area contributed by atoms with Crippen LogP contribution in [0.15, 0.2) is 78.1 Å². The van der Waals surface area contributed by atoms with E-state index in [0.717, 1.165) is 54.1 Å². The fourth-order valence-electron chi connectivity index (χ4n) is 9.24. The van der Waals surface area contributed by atoms with E-state index >= 15 is 4.39 Å². The molecule has 1 saturated heterocycles. The molecule has 0 amide bonds. The Kier molecular flexibility index (Phi) is 10.2. The van der Waals surface area contributed by atoms with Gasteiger partial charge in [-0.05, 0) is 84.0 Å². The summed E-state index contributed by atoms with van der Waals surface area (Å²) < 4.78 is 52.7. The smallest absolute Gasteiger partial charge is 0.261 e. The van der Waals surface area contributed by atoms with E-state index in [2.05, 4.69) is 87.3 Å². The largest absolute Gasteiger partial charge is 0.475 e. The van der Waals surface area contributed by atoms with Gasteiger partial charge >= 0.3 is 0 Å². The van der Waals surface area contributed by atoms with E-state index < -0.39 is 24.9 Å². The lowest BCUT2D eigenvalue weighted by molar-refractivity contribution is -0.0366. The molecular weight excluding hydrogens is 768 g/mol. The average Bonchev–Trinajstić information content (AvgIpc) is 4.00. The Hall–Kier alpha value is -4.56. The summed E-state index contributed by atoms with van der Waals surface area (Å²) in [7, 11) is -2.47. The quantitative estimate of drug-likeness (QED) is 0.101. The molecule has 3 aromatic heterocycles. The highest BCUT2D eigenvalue weighted by Crippen LogP contribution is 2.50. The molecule has 2 aliphatic heterocycles. The van der Waals surface area contributed by atoms with Gasteiger partial charge in [-0.25, -0.2) is 24.0 Å². The Morgan fingerprint density at radius 2 is 1.69 bits per heavy atom. The highest BCUT2D eigenvalue weighted by molar-refractivity contribution is 7.84. The maximum atomic E-state index is 17.5. The van der Waals surface area contributed by atoms with Crippen LogP contribution in [0.4, 0.5) is 10.2 Å². The topological polar surface area (TPSA) is 104 Å². The van der Waals surface area contributed by atoms with Gasteiger partial charge in [0.25, 0.3) is 8.32 Å². The molecule has 58 heavy (non-hydrogen) atoms. The molecule has 2 unspecified atom stereocenters. The summed E-state index contributed by atoms with van der Waals surface area (Å²) in [6.45, 7) is 10.3. The summed E-state index contributed by atoms with van der Waals surface area (Å²) in [6, 6.07) is 23.1. The Bertz CT molecular complexity index is 2480. The van der Waals surface area contributed by atoms with Gasteiger partial charge in [0.2, 0.25) is 11.0 Å². The number of ether oxygens (including phenoxy) is 2. The molecule has 2 fully saturated rings. The number of halogens is 1. The number of aryl methyl sites for hydroxylation is 1. The van der Waals surface area contributed by atoms with Crippen LogP contribution in [0.1, 0.15) is 82.6 Å². The molecule has 9 rings (SSSR count). The molecule has 3 aromatic carbocycles. The van der Waals surface area contributed by atoms with Crippen LogP contribution in [0.5, 0.6) is 5.88 Å². The minimum Gasteiger partial charge on any atom is -0.475 e. The highest BCUT2D eigenvalue weighted by atomic mass is 32.2. The number of benzene rings is 3. The summed E-state index contributed by atoms with van der Waals surface area (Å²) in [5, 5.41) is 8.30. The van der Waals surface area contributed by atoms with Crippen LogP contribution in [-0.2, 0) is 20.0 Å². The van der Waals surface area contributed by atoms with E-state index in [1.807, 2.05) is 35.0 Å². The molecule has 0 N–H and O–H groups in total. The van der Waals surface area contributed by atoms with Crippen molar-refractivity contribution in [1.29, 1.82) is 0 Å². The summed E-state index contributed by atoms with van der Waals surface area (Å²) in [5.74, 6) is 0.401. The van der Waals surface area contributed by atoms with Crippen LogP contribution in [0, 0.1) is 12.7 Å². The molecule has 0 bridgehead atoms. The van der Waals surface area contributed by atoms with Gasteiger partial charge in [0, 0.05) is 37.5 Å². The lowest BCUT2D eigenvalue weighted by Crippen LogP contribution is -2.66. The van der Waals surface area contributed by atoms with E-state index in [9.17, 15) is 4.21 Å². The van der Waals surface area contributed by atoms with Gasteiger partial charge in [0.15, 0.2) is 12.0 Å². The molecule has 6 aromatic rings. The lowest BCUT2D eigenvalue weighted by Gasteiger charge is -2.43. The summed E-state index contributed by atoms with van der Waals surface area (Å²) in [4.78, 5) is 16.5. The SMILES string of the molecule is Cc1cc2c(cnn2C2CCCCO2)c(-c2nc3c4c(nc(S(C)=O)nc4c2F)N(C)[C@@H](CCO[Si](c2ccccc2)(c2ccccc2)C(C)(C)C)CO3)c1C1CC1. The van der Waals surface area contributed by atoms with Gasteiger partial charge in [-0.3, -0.25) is 4.21 Å². The zero-order chi connectivity index (χ0) is 40.3. The Labute approximate surface area is 342 Å². The second-order valence-corrected chi connectivity index (χ2v) is 22.6. The second kappa shape index (κ2) is 15.2. The van der Waals surface area contributed by atoms with Crippen molar-refractivity contribution in [3.63, 3.8) is 0 Å². The number of aromatic nitrogens is 5. The van der Waals surface area contributed by atoms with Crippen LogP contribution < -0.4 is 20.0 Å². The number of rotatable bonds is 10. The van der Waals surface area contributed by atoms with Crippen molar-refractivity contribution in [2.24, 2.45) is 0 Å². The number of anilines is 1. The number of hydrogen-bond acceptors (Lipinski definition) is 9. The normalized spacial score (nSPS) is 19.3.